The summed E-state index contributed by atoms with van der Waals surface area (Å²) in [6, 6.07) is 0. The number of hydrazine groups is 1. The number of carbonyl (C=O) groups excluding carboxylic acids is 7. The van der Waals surface area contributed by atoms with E-state index in [-0.39, 0.29) is 23.9 Å². The number of nitrogens with one attached hydrogen (secondary N) is 13. The molecule has 33 nitrogen and oxygen atoms in total. The summed E-state index contributed by atoms with van der Waals surface area (Å²) in [5, 5.41) is 37.4. The van der Waals surface area contributed by atoms with Gasteiger partial charge in [0.25, 0.3) is 0 Å². The second-order valence-corrected chi connectivity index (χ2v) is 40.0. The first-order valence-corrected chi connectivity index (χ1v) is 57.6. The highest BCUT2D eigenvalue weighted by Crippen LogP contribution is 2.33. The Morgan fingerprint density at radius 1 is 0.336 bits per heavy atom. The average molecular weight is 2020 g/mol. The third-order valence-corrected chi connectivity index (χ3v) is 26.3. The zero-order valence-corrected chi connectivity index (χ0v) is 87.3. The van der Waals surface area contributed by atoms with E-state index < -0.39 is 9.84 Å². The van der Waals surface area contributed by atoms with Gasteiger partial charge in [-0.2, -0.15) is 11.8 Å². The Kier molecular flexibility index (Phi) is 96.5. The molecule has 22 heterocycles. The number of carbonyl (C=O) groups is 7. The molecule has 25 rings (SSSR count). The summed E-state index contributed by atoms with van der Waals surface area (Å²) in [4.78, 5) is 78.6. The molecule has 22 aliphatic heterocycles. The fraction of sp³-hybridized carbons (Fsp3) is 0.830. The molecule has 2 bridgehead atoms. The Balaban J connectivity index is 0.000000484. The van der Waals surface area contributed by atoms with Gasteiger partial charge in [-0.1, -0.05) is 37.5 Å². The number of cyclic esters (lactones) is 3. The molecule has 13 N–H and O–H groups in total. The highest BCUT2D eigenvalue weighted by molar-refractivity contribution is 8.04. The molecule has 0 unspecified atom stereocenters. The summed E-state index contributed by atoms with van der Waals surface area (Å²) in [6.07, 6.45) is 67.2. The second kappa shape index (κ2) is 104. The van der Waals surface area contributed by atoms with E-state index in [0.29, 0.717) is 73.7 Å². The minimum Gasteiger partial charge on any atom is -0.482 e. The second-order valence-electron chi connectivity index (χ2n) is 34.5. The van der Waals surface area contributed by atoms with E-state index >= 15 is 0 Å². The maximum Gasteiger partial charge on any atom is 0.407 e. The average Bonchev–Trinajstić information content (AvgIpc) is 1.73. The number of piperidine rings is 2. The Hall–Kier alpha value is -5.33. The molecule has 137 heavy (non-hydrogen) atoms. The van der Waals surface area contributed by atoms with Gasteiger partial charge in [-0.25, -0.2) is 13.2 Å². The largest absolute Gasteiger partial charge is 0.482 e. The molecule has 0 atom stereocenters. The molecule has 20 fully saturated rings. The van der Waals surface area contributed by atoms with Crippen LogP contribution in [0.5, 0.6) is 0 Å². The number of ketones is 3. The standard InChI is InChI=1S/C6H10O.2C5H11N.C5H9N.C5H10O.3C5H8O.C5H10S.C4H7NO2.C4H9NO.C4H7NO.C4H5NS.C4H9N.C4H7N.C4H8O2S.2C4H6O2.C4H8O.C3H6N2.C3H8N2.C3H5NO.C3H7NS.C2H4O/c1-2-6-4-3-5(1)7-6;4*1-2-4-6-5-3-1;3*6-5-3-1-2-4-5;1-2-4-6-5-3-1;6-4-5-2-1-3-7-4;1-3-6-4-2-5-1;6-4-2-1-3-5-4;1-3-6-4-2-5-1;2*1-2-4-5-3-1;5-7(6)3-1-2-4-7;2*5-4-2-1-3-6-4;1-2-4-5-3-1;1-2-5-3-4-1;1-2-4-5-3-1;2*1-2-5-3-4-1;1-2-3-1/h5-6H,1-4H2;2*6H,1-5H2;2,4,6H,1,3,5H2;1-5H2;3*1-4H2;1-5H2;1-3H2,(H,5,6);5H,1-4H2;1-3H2,(H,5,6);1-5H;5H,1-4H2;1-2,5H,3-4H2;1-4H2;2*1-3H2;1-4H2;3H,1-2H2,(H,4,5);4-5H,1-3H2;3H,1-2H2;4H,1-3H2;1-2H2. The Labute approximate surface area is 838 Å². The first-order chi connectivity index (χ1) is 67.4. The van der Waals surface area contributed by atoms with Crippen molar-refractivity contribution in [2.75, 3.05) is 238 Å². The molecule has 0 aromatic rings. The number of aliphatic imine (C=N–C) groups is 2. The van der Waals surface area contributed by atoms with E-state index in [4.69, 9.17) is 18.9 Å². The van der Waals surface area contributed by atoms with Gasteiger partial charge in [0.05, 0.1) is 89.4 Å². The molecule has 25 aliphatic rings. The Bertz CT molecular complexity index is 2560. The van der Waals surface area contributed by atoms with E-state index in [9.17, 15) is 42.0 Å². The smallest absolute Gasteiger partial charge is 0.407 e. The number of epoxide rings is 1. The van der Waals surface area contributed by atoms with Crippen LogP contribution in [0, 0.1) is 0 Å². The third-order valence-electron chi connectivity index (χ3n) is 21.9. The van der Waals surface area contributed by atoms with Crippen molar-refractivity contribution in [1.82, 2.24) is 69.3 Å². The number of allylic oxidation sites excluding steroid dienone is 1. The van der Waals surface area contributed by atoms with Crippen LogP contribution >= 0.6 is 35.3 Å². The summed E-state index contributed by atoms with van der Waals surface area (Å²) < 4.78 is 64.1. The van der Waals surface area contributed by atoms with Crippen molar-refractivity contribution in [2.24, 2.45) is 9.98 Å². The van der Waals surface area contributed by atoms with Gasteiger partial charge in [-0.05, 0) is 273 Å². The molecule has 17 saturated heterocycles. The van der Waals surface area contributed by atoms with Crippen LogP contribution in [-0.4, -0.2) is 313 Å². The molecule has 794 valence electrons. The lowest BCUT2D eigenvalue weighted by atomic mass is 10.0. The molecule has 0 aromatic heterocycles. The normalized spacial score (nSPS) is 23.7. The molecular weight excluding hydrogens is 1830 g/mol. The predicted octanol–water partition coefficient (Wildman–Crippen LogP) is 12.7. The number of rotatable bonds is 0. The first-order valence-electron chi connectivity index (χ1n) is 52.5. The third kappa shape index (κ3) is 102. The van der Waals surface area contributed by atoms with E-state index in [2.05, 4.69) is 133 Å². The quantitative estimate of drug-likeness (QED) is 0.0464. The van der Waals surface area contributed by atoms with E-state index in [1.54, 1.807) is 18.1 Å². The number of sulfone groups is 1. The van der Waals surface area contributed by atoms with Crippen LogP contribution in [0.1, 0.15) is 283 Å². The number of ether oxygens (including phenoxy) is 9. The lowest BCUT2D eigenvalue weighted by Crippen LogP contribution is -2.31. The zero-order chi connectivity index (χ0) is 98.1. The number of esters is 2. The fourth-order valence-corrected chi connectivity index (χ4v) is 17.5. The number of fused-ring (bicyclic) bond motifs is 2. The van der Waals surface area contributed by atoms with Crippen molar-refractivity contribution in [1.29, 1.82) is 0 Å². The van der Waals surface area contributed by atoms with Crippen molar-refractivity contribution >= 4 is 99.2 Å². The molecule has 2 amide bonds. The number of thioether (sulfide) groups is 3. The molecule has 3 saturated carbocycles. The predicted molar refractivity (Wildman–Crippen MR) is 562 cm³/mol. The van der Waals surface area contributed by atoms with Crippen molar-refractivity contribution in [3.05, 3.63) is 47.6 Å². The monoisotopic (exact) mass is 2010 g/mol. The number of Topliss-reactive ketones (excluding diaryl/α,β-unsaturated/α-hetero) is 3. The molecule has 0 aromatic carbocycles. The maximum atomic E-state index is 10.4. The van der Waals surface area contributed by atoms with Gasteiger partial charge in [0.2, 0.25) is 5.91 Å². The first kappa shape index (κ1) is 128. The SMILES string of the molecule is C1=CCNC1.C1=CNCCC1.C1=CSC=CN1.C1=NCCN1.C1=NCCO1.C1CC2CCC1O2.C1CCNC1.C1CCNCC1.C1CCNCC1.C1CCOC1.C1CCOCC1.C1CCSCC1.C1CNNC1.C1CO1.C1COCCN1.C1CSCN1.O=C1CCCC1.O=C1CCCC1.O=C1CCCC1.O=C1CCCN1.O=C1CCCO1.O=C1CCCO1.O=C1NCCCO1.O=S1(=O)CCCC1. The number of amides is 2. The van der Waals surface area contributed by atoms with Gasteiger partial charge in [0, 0.05) is 180 Å². The highest BCUT2D eigenvalue weighted by atomic mass is 32.2. The van der Waals surface area contributed by atoms with E-state index in [1.165, 1.54) is 223 Å². The van der Waals surface area contributed by atoms with Crippen LogP contribution < -0.4 is 69.3 Å². The molecule has 37 heteroatoms. The van der Waals surface area contributed by atoms with Gasteiger partial charge in [-0.3, -0.25) is 49.6 Å². The van der Waals surface area contributed by atoms with Crippen LogP contribution in [-0.2, 0) is 81.2 Å². The van der Waals surface area contributed by atoms with Crippen LogP contribution in [0.3, 0.4) is 0 Å². The van der Waals surface area contributed by atoms with E-state index in [0.717, 1.165) is 260 Å². The van der Waals surface area contributed by atoms with Gasteiger partial charge < -0.3 is 101 Å². The number of alkyl carbamates (subject to hydrolysis) is 1. The lowest BCUT2D eigenvalue weighted by molar-refractivity contribution is -0.138. The number of hydrogen-bond donors (Lipinski definition) is 13. The lowest BCUT2D eigenvalue weighted by Gasteiger charge is -2.10. The van der Waals surface area contributed by atoms with E-state index in [1.807, 2.05) is 41.2 Å². The molecule has 0 spiro atoms. The Morgan fingerprint density at radius 3 is 0.971 bits per heavy atom. The maximum absolute atomic E-state index is 10.4. The summed E-state index contributed by atoms with van der Waals surface area (Å²) in [7, 11) is -2.55. The van der Waals surface area contributed by atoms with Crippen LogP contribution in [0.2, 0.25) is 0 Å². The fourth-order valence-electron chi connectivity index (χ4n) is 13.9. The topological polar surface area (TPSA) is 421 Å². The number of nitrogens with zero attached hydrogens (tertiary/aromatic N) is 2. The van der Waals surface area contributed by atoms with Gasteiger partial charge >= 0.3 is 18.0 Å². The number of morpholine rings is 1. The van der Waals surface area contributed by atoms with Gasteiger partial charge in [0.15, 0.2) is 6.40 Å². The summed E-state index contributed by atoms with van der Waals surface area (Å²) in [5.74, 6) is 7.63. The van der Waals surface area contributed by atoms with Crippen LogP contribution in [0.15, 0.2) is 57.6 Å². The molecular formula is C100H187N15O18S4. The Morgan fingerprint density at radius 2 is 0.825 bits per heavy atom. The van der Waals surface area contributed by atoms with Crippen LogP contribution in [0.25, 0.3) is 0 Å². The van der Waals surface area contributed by atoms with Crippen molar-refractivity contribution < 1.29 is 84.6 Å². The molecule has 0 radical (unpaired) electrons. The summed E-state index contributed by atoms with van der Waals surface area (Å²) in [5.41, 5.74) is 5.94. The van der Waals surface area contributed by atoms with Crippen molar-refractivity contribution in [3.63, 3.8) is 0 Å². The zero-order valence-electron chi connectivity index (χ0n) is 84.1. The number of hydrogen-bond acceptors (Lipinski definition) is 34. The molecule has 3 aliphatic carbocycles. The highest BCUT2D eigenvalue weighted by Gasteiger charge is 2.31. The van der Waals surface area contributed by atoms with Crippen molar-refractivity contribution in [3.8, 4) is 0 Å². The van der Waals surface area contributed by atoms with Crippen molar-refractivity contribution in [2.45, 2.75) is 295 Å². The summed E-state index contributed by atoms with van der Waals surface area (Å²) in [6.45, 7) is 31.2. The van der Waals surface area contributed by atoms with Gasteiger partial charge in [-0.15, -0.1) is 23.5 Å². The minimum absolute atomic E-state index is 0.0463. The van der Waals surface area contributed by atoms with Gasteiger partial charge in [0.1, 0.15) is 33.8 Å². The summed E-state index contributed by atoms with van der Waals surface area (Å²) >= 11 is 5.73. The van der Waals surface area contributed by atoms with Crippen LogP contribution in [0.4, 0.5) is 4.79 Å². The minimum atomic E-state index is -2.55.